The van der Waals surface area contributed by atoms with Gasteiger partial charge in [0.25, 0.3) is 0 Å². The van der Waals surface area contributed by atoms with Crippen molar-refractivity contribution < 1.29 is 4.74 Å². The second-order valence-electron chi connectivity index (χ2n) is 5.25. The van der Waals surface area contributed by atoms with Crippen LogP contribution in [0, 0.1) is 0 Å². The summed E-state index contributed by atoms with van der Waals surface area (Å²) >= 11 is 0. The van der Waals surface area contributed by atoms with Gasteiger partial charge in [0.05, 0.1) is 18.1 Å². The molecular weight excluding hydrogens is 270 g/mol. The zero-order chi connectivity index (χ0) is 14.9. The van der Waals surface area contributed by atoms with Crippen LogP contribution in [0.2, 0.25) is 0 Å². The Balaban J connectivity index is 2.07. The van der Waals surface area contributed by atoms with Gasteiger partial charge in [-0.25, -0.2) is 4.98 Å². The van der Waals surface area contributed by atoms with Gasteiger partial charge in [-0.15, -0.1) is 0 Å². The minimum atomic E-state index is 0.878. The Kier molecular flexibility index (Phi) is 3.01. The van der Waals surface area contributed by atoms with Crippen LogP contribution in [0.3, 0.4) is 0 Å². The molecule has 1 aromatic heterocycles. The number of para-hydroxylation sites is 2. The van der Waals surface area contributed by atoms with Crippen molar-refractivity contribution in [2.45, 2.75) is 0 Å². The lowest BCUT2D eigenvalue weighted by Crippen LogP contribution is -1.90. The van der Waals surface area contributed by atoms with Gasteiger partial charge in [-0.2, -0.15) is 0 Å². The molecule has 0 fully saturated rings. The quantitative estimate of drug-likeness (QED) is 0.480. The monoisotopic (exact) mass is 285 g/mol. The van der Waals surface area contributed by atoms with Crippen molar-refractivity contribution in [3.63, 3.8) is 0 Å². The van der Waals surface area contributed by atoms with Gasteiger partial charge < -0.3 is 4.74 Å². The lowest BCUT2D eigenvalue weighted by atomic mass is 9.98. The van der Waals surface area contributed by atoms with E-state index in [1.54, 1.807) is 7.11 Å². The van der Waals surface area contributed by atoms with Crippen LogP contribution >= 0.6 is 0 Å². The number of benzene rings is 3. The Morgan fingerprint density at radius 3 is 2.36 bits per heavy atom. The van der Waals surface area contributed by atoms with Crippen molar-refractivity contribution in [2.75, 3.05) is 7.11 Å². The fourth-order valence-corrected chi connectivity index (χ4v) is 2.90. The molecule has 22 heavy (non-hydrogen) atoms. The van der Waals surface area contributed by atoms with E-state index in [1.165, 1.54) is 0 Å². The van der Waals surface area contributed by atoms with E-state index in [1.807, 2.05) is 42.5 Å². The predicted octanol–water partition coefficient (Wildman–Crippen LogP) is 5.06. The Morgan fingerprint density at radius 2 is 1.45 bits per heavy atom. The fourth-order valence-electron chi connectivity index (χ4n) is 2.90. The van der Waals surface area contributed by atoms with E-state index in [0.29, 0.717) is 0 Å². The largest absolute Gasteiger partial charge is 0.496 e. The molecule has 0 unspecified atom stereocenters. The minimum Gasteiger partial charge on any atom is -0.496 e. The van der Waals surface area contributed by atoms with Crippen LogP contribution in [0.4, 0.5) is 0 Å². The van der Waals surface area contributed by atoms with E-state index >= 15 is 0 Å². The summed E-state index contributed by atoms with van der Waals surface area (Å²) in [6, 6.07) is 24.7. The maximum atomic E-state index is 5.52. The van der Waals surface area contributed by atoms with E-state index < -0.39 is 0 Å². The summed E-state index contributed by atoms with van der Waals surface area (Å²) in [5.41, 5.74) is 4.26. The molecule has 0 saturated carbocycles. The van der Waals surface area contributed by atoms with E-state index in [-0.39, 0.29) is 0 Å². The average Bonchev–Trinajstić information content (AvgIpc) is 2.59. The van der Waals surface area contributed by atoms with Gasteiger partial charge in [0.15, 0.2) is 0 Å². The van der Waals surface area contributed by atoms with E-state index in [2.05, 4.69) is 30.3 Å². The van der Waals surface area contributed by atoms with E-state index in [0.717, 1.165) is 38.7 Å². The summed E-state index contributed by atoms with van der Waals surface area (Å²) < 4.78 is 5.52. The van der Waals surface area contributed by atoms with Crippen molar-refractivity contribution in [1.29, 1.82) is 0 Å². The molecule has 4 rings (SSSR count). The highest BCUT2D eigenvalue weighted by Crippen LogP contribution is 2.35. The average molecular weight is 285 g/mol. The summed E-state index contributed by atoms with van der Waals surface area (Å²) in [5, 5.41) is 2.29. The number of hydrogen-bond donors (Lipinski definition) is 0. The molecule has 0 aliphatic rings. The highest BCUT2D eigenvalue weighted by Gasteiger charge is 2.10. The Bertz CT molecular complexity index is 975. The van der Waals surface area contributed by atoms with Gasteiger partial charge >= 0.3 is 0 Å². The number of rotatable bonds is 2. The molecule has 0 amide bonds. The molecule has 1 heterocycles. The minimum absolute atomic E-state index is 0.878. The molecule has 4 aromatic rings. The van der Waals surface area contributed by atoms with Gasteiger partial charge in [-0.1, -0.05) is 48.5 Å². The lowest BCUT2D eigenvalue weighted by molar-refractivity contribution is 0.416. The van der Waals surface area contributed by atoms with Crippen LogP contribution in [-0.2, 0) is 0 Å². The predicted molar refractivity (Wildman–Crippen MR) is 91.2 cm³/mol. The first-order chi connectivity index (χ1) is 10.9. The first kappa shape index (κ1) is 12.8. The number of ether oxygens (including phenoxy) is 1. The van der Waals surface area contributed by atoms with Crippen molar-refractivity contribution >= 4 is 21.8 Å². The maximum absolute atomic E-state index is 5.52. The summed E-state index contributed by atoms with van der Waals surface area (Å²) in [7, 11) is 1.71. The number of nitrogens with zero attached hydrogens (tertiary/aromatic N) is 1. The number of aromatic nitrogens is 1. The molecule has 3 aromatic carbocycles. The van der Waals surface area contributed by atoms with Crippen LogP contribution in [0.5, 0.6) is 5.75 Å². The molecule has 0 aliphatic heterocycles. The third-order valence-corrected chi connectivity index (χ3v) is 3.96. The second-order valence-corrected chi connectivity index (χ2v) is 5.25. The summed E-state index contributed by atoms with van der Waals surface area (Å²) in [4.78, 5) is 4.78. The highest BCUT2D eigenvalue weighted by molar-refractivity contribution is 6.01. The number of methoxy groups -OCH3 is 1. The number of fused-ring (bicyclic) bond motifs is 2. The third-order valence-electron chi connectivity index (χ3n) is 3.96. The Morgan fingerprint density at radius 1 is 0.727 bits per heavy atom. The molecule has 2 nitrogen and oxygen atoms in total. The molecule has 0 bridgehead atoms. The van der Waals surface area contributed by atoms with E-state index in [9.17, 15) is 0 Å². The number of hydrogen-bond acceptors (Lipinski definition) is 2. The Labute approximate surface area is 129 Å². The standard InChI is InChI=1S/C20H15NO/c1-22-20-12-5-3-8-16(20)15-9-6-11-19-17(15)13-14-7-2-4-10-18(14)21-19/h2-13H,1H3. The normalized spacial score (nSPS) is 11.0. The van der Waals surface area contributed by atoms with Crippen LogP contribution in [0.25, 0.3) is 32.9 Å². The van der Waals surface area contributed by atoms with Crippen molar-refractivity contribution in [3.8, 4) is 16.9 Å². The van der Waals surface area contributed by atoms with Gasteiger partial charge in [0.2, 0.25) is 0 Å². The number of pyridine rings is 1. The molecule has 0 aliphatic carbocycles. The van der Waals surface area contributed by atoms with Crippen LogP contribution in [0.1, 0.15) is 0 Å². The summed E-state index contributed by atoms with van der Waals surface area (Å²) in [6.07, 6.45) is 0. The molecular formula is C20H15NO. The highest BCUT2D eigenvalue weighted by atomic mass is 16.5. The van der Waals surface area contributed by atoms with Gasteiger partial charge in [-0.05, 0) is 29.8 Å². The first-order valence-corrected chi connectivity index (χ1v) is 7.29. The molecule has 0 saturated heterocycles. The SMILES string of the molecule is COc1ccccc1-c1cccc2nc3ccccc3cc12. The lowest BCUT2D eigenvalue weighted by Gasteiger charge is -2.11. The van der Waals surface area contributed by atoms with Gasteiger partial charge in [0, 0.05) is 16.3 Å². The smallest absolute Gasteiger partial charge is 0.126 e. The fraction of sp³-hybridized carbons (Fsp3) is 0.0500. The zero-order valence-corrected chi connectivity index (χ0v) is 12.3. The first-order valence-electron chi connectivity index (χ1n) is 7.29. The molecule has 0 spiro atoms. The van der Waals surface area contributed by atoms with Crippen molar-refractivity contribution in [2.24, 2.45) is 0 Å². The molecule has 0 N–H and O–H groups in total. The zero-order valence-electron chi connectivity index (χ0n) is 12.3. The molecule has 106 valence electrons. The maximum Gasteiger partial charge on any atom is 0.126 e. The summed E-state index contributed by atoms with van der Waals surface area (Å²) in [6.45, 7) is 0. The van der Waals surface area contributed by atoms with Gasteiger partial charge in [-0.3, -0.25) is 0 Å². The van der Waals surface area contributed by atoms with Crippen LogP contribution in [0.15, 0.2) is 72.8 Å². The van der Waals surface area contributed by atoms with Gasteiger partial charge in [0.1, 0.15) is 5.75 Å². The van der Waals surface area contributed by atoms with Crippen LogP contribution in [-0.4, -0.2) is 12.1 Å². The molecule has 2 heteroatoms. The third kappa shape index (κ3) is 2.01. The summed E-state index contributed by atoms with van der Waals surface area (Å²) in [5.74, 6) is 0.878. The van der Waals surface area contributed by atoms with Crippen LogP contribution < -0.4 is 4.74 Å². The molecule has 0 atom stereocenters. The molecule has 0 radical (unpaired) electrons. The van der Waals surface area contributed by atoms with Crippen molar-refractivity contribution in [1.82, 2.24) is 4.98 Å². The topological polar surface area (TPSA) is 22.1 Å². The second kappa shape index (κ2) is 5.15. The van der Waals surface area contributed by atoms with E-state index in [4.69, 9.17) is 9.72 Å². The van der Waals surface area contributed by atoms with Crippen molar-refractivity contribution in [3.05, 3.63) is 72.8 Å². The Hall–Kier alpha value is -2.87.